The average Bonchev–Trinajstić information content (AvgIpc) is 2.58. The highest BCUT2D eigenvalue weighted by Crippen LogP contribution is 2.24. The maximum Gasteiger partial charge on any atom is 0.246 e. The van der Waals surface area contributed by atoms with E-state index < -0.39 is 6.04 Å². The molecule has 1 aliphatic rings. The number of methoxy groups -OCH3 is 1. The van der Waals surface area contributed by atoms with Gasteiger partial charge in [0.25, 0.3) is 0 Å². The fourth-order valence-corrected chi connectivity index (χ4v) is 3.27. The van der Waals surface area contributed by atoms with E-state index in [9.17, 15) is 9.59 Å². The third-order valence-corrected chi connectivity index (χ3v) is 4.74. The van der Waals surface area contributed by atoms with Gasteiger partial charge < -0.3 is 15.0 Å². The normalized spacial score (nSPS) is 18.0. The molecule has 2 atom stereocenters. The number of ether oxygens (including phenoxy) is 1. The molecule has 0 fully saturated rings. The first-order chi connectivity index (χ1) is 11.4. The molecule has 0 spiro atoms. The maximum atomic E-state index is 12.9. The Morgan fingerprint density at radius 3 is 2.58 bits per heavy atom. The molecule has 0 heterocycles. The number of nitrogens with zero attached hydrogens (tertiary/aromatic N) is 1. The highest BCUT2D eigenvalue weighted by Gasteiger charge is 2.31. The summed E-state index contributed by atoms with van der Waals surface area (Å²) in [6.07, 6.45) is 2.81. The summed E-state index contributed by atoms with van der Waals surface area (Å²) in [5.74, 6) is -0.262. The SMILES string of the molecule is COCC(=O)N[C@H](C(=O)N(C)C1CCc2ccccc2C1)C(C)C. The number of likely N-dealkylation sites (N-methyl/N-ethyl adjacent to an activating group) is 1. The Labute approximate surface area is 144 Å². The van der Waals surface area contributed by atoms with Crippen LogP contribution in [0.5, 0.6) is 0 Å². The predicted octanol–water partition coefficient (Wildman–Crippen LogP) is 1.79. The van der Waals surface area contributed by atoms with Crippen LogP contribution in [0, 0.1) is 5.92 Å². The maximum absolute atomic E-state index is 12.9. The van der Waals surface area contributed by atoms with Crippen LogP contribution in [0.1, 0.15) is 31.4 Å². The lowest BCUT2D eigenvalue weighted by Crippen LogP contribution is -2.54. The smallest absolute Gasteiger partial charge is 0.246 e. The molecule has 0 radical (unpaired) electrons. The molecule has 132 valence electrons. The number of hydrogen-bond acceptors (Lipinski definition) is 3. The monoisotopic (exact) mass is 332 g/mol. The van der Waals surface area contributed by atoms with Gasteiger partial charge in [-0.05, 0) is 36.3 Å². The first kappa shape index (κ1) is 18.5. The summed E-state index contributed by atoms with van der Waals surface area (Å²) in [6, 6.07) is 8.07. The summed E-state index contributed by atoms with van der Waals surface area (Å²) >= 11 is 0. The van der Waals surface area contributed by atoms with Crippen LogP contribution in [0.3, 0.4) is 0 Å². The fraction of sp³-hybridized carbons (Fsp3) is 0.579. The lowest BCUT2D eigenvalue weighted by atomic mass is 9.87. The second-order valence-electron chi connectivity index (χ2n) is 6.84. The molecule has 1 aliphatic carbocycles. The standard InChI is InChI=1S/C19H28N2O3/c1-13(2)18(20-17(22)12-24-4)19(23)21(3)16-10-9-14-7-5-6-8-15(14)11-16/h5-8,13,16,18H,9-12H2,1-4H3,(H,20,22)/t16?,18-/m0/s1. The largest absolute Gasteiger partial charge is 0.375 e. The summed E-state index contributed by atoms with van der Waals surface area (Å²) in [4.78, 5) is 26.5. The van der Waals surface area contributed by atoms with Crippen molar-refractivity contribution in [3.05, 3.63) is 35.4 Å². The summed E-state index contributed by atoms with van der Waals surface area (Å²) in [7, 11) is 3.32. The molecule has 1 N–H and O–H groups in total. The molecule has 0 saturated carbocycles. The van der Waals surface area contributed by atoms with E-state index in [-0.39, 0.29) is 30.4 Å². The van der Waals surface area contributed by atoms with Crippen molar-refractivity contribution in [1.29, 1.82) is 0 Å². The average molecular weight is 332 g/mol. The van der Waals surface area contributed by atoms with E-state index in [1.165, 1.54) is 18.2 Å². The first-order valence-corrected chi connectivity index (χ1v) is 8.55. The zero-order chi connectivity index (χ0) is 17.7. The molecule has 24 heavy (non-hydrogen) atoms. The van der Waals surface area contributed by atoms with Gasteiger partial charge in [-0.15, -0.1) is 0 Å². The molecule has 0 aliphatic heterocycles. The van der Waals surface area contributed by atoms with Gasteiger partial charge in [0.05, 0.1) is 0 Å². The van der Waals surface area contributed by atoms with Crippen molar-refractivity contribution >= 4 is 11.8 Å². The topological polar surface area (TPSA) is 58.6 Å². The fourth-order valence-electron chi connectivity index (χ4n) is 3.27. The van der Waals surface area contributed by atoms with Gasteiger partial charge in [0.2, 0.25) is 11.8 Å². The van der Waals surface area contributed by atoms with E-state index >= 15 is 0 Å². The van der Waals surface area contributed by atoms with Gasteiger partial charge in [-0.25, -0.2) is 0 Å². The number of benzene rings is 1. The number of nitrogens with one attached hydrogen (secondary N) is 1. The quantitative estimate of drug-likeness (QED) is 0.864. The minimum Gasteiger partial charge on any atom is -0.375 e. The lowest BCUT2D eigenvalue weighted by molar-refractivity contribution is -0.139. The molecule has 5 nitrogen and oxygen atoms in total. The molecule has 0 aromatic heterocycles. The van der Waals surface area contributed by atoms with Gasteiger partial charge in [0.1, 0.15) is 12.6 Å². The van der Waals surface area contributed by atoms with E-state index in [0.29, 0.717) is 0 Å². The van der Waals surface area contributed by atoms with Crippen LogP contribution in [-0.2, 0) is 27.2 Å². The number of carbonyl (C=O) groups is 2. The second-order valence-corrected chi connectivity index (χ2v) is 6.84. The van der Waals surface area contributed by atoms with E-state index in [1.807, 2.05) is 31.9 Å². The Kier molecular flexibility index (Phi) is 6.37. The highest BCUT2D eigenvalue weighted by atomic mass is 16.5. The molecule has 0 saturated heterocycles. The van der Waals surface area contributed by atoms with Crippen molar-refractivity contribution in [3.63, 3.8) is 0 Å². The Morgan fingerprint density at radius 1 is 1.29 bits per heavy atom. The highest BCUT2D eigenvalue weighted by molar-refractivity contribution is 5.88. The molecule has 2 amide bonds. The number of fused-ring (bicyclic) bond motifs is 1. The molecule has 1 aromatic rings. The van der Waals surface area contributed by atoms with Crippen LogP contribution in [0.25, 0.3) is 0 Å². The summed E-state index contributed by atoms with van der Waals surface area (Å²) in [5, 5.41) is 2.80. The molecule has 5 heteroatoms. The van der Waals surface area contributed by atoms with Crippen LogP contribution < -0.4 is 5.32 Å². The van der Waals surface area contributed by atoms with Gasteiger partial charge in [0.15, 0.2) is 0 Å². The van der Waals surface area contributed by atoms with Gasteiger partial charge in [0, 0.05) is 20.2 Å². The summed E-state index contributed by atoms with van der Waals surface area (Å²) < 4.78 is 4.84. The number of amides is 2. The van der Waals surface area contributed by atoms with Crippen molar-refractivity contribution in [1.82, 2.24) is 10.2 Å². The molecule has 1 unspecified atom stereocenters. The number of hydrogen-bond donors (Lipinski definition) is 1. The van der Waals surface area contributed by atoms with Gasteiger partial charge in [-0.1, -0.05) is 38.1 Å². The third-order valence-electron chi connectivity index (χ3n) is 4.74. The summed E-state index contributed by atoms with van der Waals surface area (Å²) in [5.41, 5.74) is 2.70. The van der Waals surface area contributed by atoms with Crippen LogP contribution in [0.4, 0.5) is 0 Å². The molecule has 0 bridgehead atoms. The van der Waals surface area contributed by atoms with Crippen molar-refractivity contribution in [2.24, 2.45) is 5.92 Å². The molecule has 1 aromatic carbocycles. The third kappa shape index (κ3) is 4.35. The summed E-state index contributed by atoms with van der Waals surface area (Å²) in [6.45, 7) is 3.86. The minimum atomic E-state index is -0.519. The van der Waals surface area contributed by atoms with Gasteiger partial charge >= 0.3 is 0 Å². The zero-order valence-corrected chi connectivity index (χ0v) is 15.0. The zero-order valence-electron chi connectivity index (χ0n) is 15.0. The van der Waals surface area contributed by atoms with E-state index in [4.69, 9.17) is 4.74 Å². The molecular formula is C19H28N2O3. The van der Waals surface area contributed by atoms with Gasteiger partial charge in [-0.3, -0.25) is 9.59 Å². The van der Waals surface area contributed by atoms with Crippen LogP contribution in [-0.4, -0.2) is 49.6 Å². The van der Waals surface area contributed by atoms with Crippen molar-refractivity contribution in [2.45, 2.75) is 45.2 Å². The molecular weight excluding hydrogens is 304 g/mol. The van der Waals surface area contributed by atoms with Crippen molar-refractivity contribution in [3.8, 4) is 0 Å². The predicted molar refractivity (Wildman–Crippen MR) is 93.7 cm³/mol. The Hall–Kier alpha value is -1.88. The number of aryl methyl sites for hydroxylation is 1. The van der Waals surface area contributed by atoms with E-state index in [1.54, 1.807) is 0 Å². The first-order valence-electron chi connectivity index (χ1n) is 8.55. The Morgan fingerprint density at radius 2 is 1.96 bits per heavy atom. The van der Waals surface area contributed by atoms with Crippen molar-refractivity contribution < 1.29 is 14.3 Å². The Balaban J connectivity index is 2.05. The van der Waals surface area contributed by atoms with E-state index in [0.717, 1.165) is 19.3 Å². The van der Waals surface area contributed by atoms with Crippen LogP contribution >= 0.6 is 0 Å². The van der Waals surface area contributed by atoms with Crippen LogP contribution in [0.15, 0.2) is 24.3 Å². The lowest BCUT2D eigenvalue weighted by Gasteiger charge is -2.35. The number of carbonyl (C=O) groups excluding carboxylic acids is 2. The second kappa shape index (κ2) is 8.29. The van der Waals surface area contributed by atoms with Crippen molar-refractivity contribution in [2.75, 3.05) is 20.8 Å². The minimum absolute atomic E-state index is 0.0247. The molecule has 2 rings (SSSR count). The Bertz CT molecular complexity index is 586. The number of rotatable bonds is 6. The van der Waals surface area contributed by atoms with Gasteiger partial charge in [-0.2, -0.15) is 0 Å². The van der Waals surface area contributed by atoms with Crippen LogP contribution in [0.2, 0.25) is 0 Å². The van der Waals surface area contributed by atoms with E-state index in [2.05, 4.69) is 23.5 Å².